The lowest BCUT2D eigenvalue weighted by atomic mass is 9.70. The molecule has 2 aromatic carbocycles. The maximum absolute atomic E-state index is 13.6. The van der Waals surface area contributed by atoms with Gasteiger partial charge in [0.25, 0.3) is 15.9 Å². The van der Waals surface area contributed by atoms with Crippen LogP contribution in [0.2, 0.25) is 5.02 Å². The van der Waals surface area contributed by atoms with Gasteiger partial charge in [-0.3, -0.25) is 4.79 Å². The molecule has 1 fully saturated rings. The van der Waals surface area contributed by atoms with E-state index in [1.165, 1.54) is 11.6 Å². The molecule has 1 aliphatic carbocycles. The van der Waals surface area contributed by atoms with Gasteiger partial charge >= 0.3 is 0 Å². The highest BCUT2D eigenvalue weighted by Crippen LogP contribution is 2.42. The third-order valence-corrected chi connectivity index (χ3v) is 11.4. The number of hydrogen-bond acceptors (Lipinski definition) is 8. The number of carbonyl (C=O) groups is 1. The van der Waals surface area contributed by atoms with E-state index in [-0.39, 0.29) is 17.6 Å². The van der Waals surface area contributed by atoms with E-state index in [1.807, 2.05) is 24.3 Å². The summed E-state index contributed by atoms with van der Waals surface area (Å²) in [4.78, 5) is 17.9. The minimum absolute atomic E-state index is 0.00538. The summed E-state index contributed by atoms with van der Waals surface area (Å²) in [6.07, 6.45) is 8.72. The molecular weight excluding hydrogens is 638 g/mol. The number of anilines is 1. The Morgan fingerprint density at radius 2 is 1.89 bits per heavy atom. The van der Waals surface area contributed by atoms with Crippen molar-refractivity contribution in [2.75, 3.05) is 50.8 Å². The van der Waals surface area contributed by atoms with Crippen molar-refractivity contribution in [1.82, 2.24) is 9.62 Å². The van der Waals surface area contributed by atoms with Crippen LogP contribution < -0.4 is 14.4 Å². The van der Waals surface area contributed by atoms with E-state index in [1.54, 1.807) is 26.0 Å². The lowest BCUT2D eigenvalue weighted by Gasteiger charge is -2.44. The van der Waals surface area contributed by atoms with Crippen LogP contribution in [0.15, 0.2) is 53.4 Å². The zero-order valence-corrected chi connectivity index (χ0v) is 29.7. The van der Waals surface area contributed by atoms with Crippen LogP contribution in [-0.2, 0) is 37.3 Å². The molecule has 3 atom stereocenters. The smallest absolute Gasteiger partial charge is 0.265 e. The number of hydrogen-bond donors (Lipinski definition) is 1. The monoisotopic (exact) mass is 687 g/mol. The fourth-order valence-corrected chi connectivity index (χ4v) is 7.93. The first-order chi connectivity index (χ1) is 22.5. The second-order valence-electron chi connectivity index (χ2n) is 13.3. The Bertz CT molecular complexity index is 1530. The summed E-state index contributed by atoms with van der Waals surface area (Å²) in [5, 5.41) is 0.703. The Morgan fingerprint density at radius 3 is 2.64 bits per heavy atom. The molecule has 2 aliphatic heterocycles. The highest BCUT2D eigenvalue weighted by Gasteiger charge is 2.39. The number of nitrogens with zero attached hydrogens (tertiary/aromatic N) is 2. The number of amides is 1. The van der Waals surface area contributed by atoms with Crippen LogP contribution in [0.1, 0.15) is 64.5 Å². The molecule has 0 saturated heterocycles. The minimum atomic E-state index is -4.19. The molecular formula is C36H50ClN3O6S. The van der Waals surface area contributed by atoms with E-state index in [0.29, 0.717) is 41.5 Å². The standard InChI is InChI=1S/C36H50ClN3O6S/c1-5-39(6-2)19-21-44-33-11-9-20-46-36(3,4)35(41)38-47(42,43)30-15-17-34-32(23-30)40(24-27-13-16-31(27)33)18-8-7-10-26-22-29(37)14-12-28(26)25-45-34/h9,11-12,14-15,17,22-23,27,31,33H,5-8,10,13,16,18-21,24-25H2,1-4H3,(H,38,41)/b11-9+/t27-,31+,33-/m0/s1. The van der Waals surface area contributed by atoms with Crippen LogP contribution in [0.4, 0.5) is 5.69 Å². The van der Waals surface area contributed by atoms with Crippen molar-refractivity contribution < 1.29 is 27.4 Å². The summed E-state index contributed by atoms with van der Waals surface area (Å²) < 4.78 is 48.3. The Hall–Kier alpha value is -2.63. The SMILES string of the molecule is CCN(CC)CCO[C@H]1/C=C/COC(C)(C)C(=O)NS(=O)(=O)c2ccc3c(c2)N(CCCCc2cc(Cl)ccc2CO3)C[C@@H]2CC[C@H]21. The number of sulfonamides is 1. The third-order valence-electron chi connectivity index (χ3n) is 9.86. The number of fused-ring (bicyclic) bond motifs is 3. The van der Waals surface area contributed by atoms with Gasteiger partial charge in [-0.1, -0.05) is 43.7 Å². The zero-order valence-electron chi connectivity index (χ0n) is 28.2. The Labute approximate surface area is 285 Å². The molecule has 5 rings (SSSR count). The summed E-state index contributed by atoms with van der Waals surface area (Å²) in [5.74, 6) is 0.514. The first kappa shape index (κ1) is 35.7. The van der Waals surface area contributed by atoms with Gasteiger partial charge in [-0.25, -0.2) is 13.1 Å². The molecule has 0 spiro atoms. The predicted molar refractivity (Wildman–Crippen MR) is 186 cm³/mol. The van der Waals surface area contributed by atoms with Crippen molar-refractivity contribution in [3.05, 3.63) is 64.7 Å². The zero-order chi connectivity index (χ0) is 33.6. The number of rotatable bonds is 6. The fraction of sp³-hybridized carbons (Fsp3) is 0.583. The Kier molecular flexibility index (Phi) is 11.9. The summed E-state index contributed by atoms with van der Waals surface area (Å²) >= 11 is 6.35. The van der Waals surface area contributed by atoms with Crippen LogP contribution in [0, 0.1) is 11.8 Å². The van der Waals surface area contributed by atoms with Gasteiger partial charge in [0.1, 0.15) is 18.0 Å². The van der Waals surface area contributed by atoms with E-state index < -0.39 is 21.5 Å². The van der Waals surface area contributed by atoms with Gasteiger partial charge in [0, 0.05) is 24.7 Å². The Morgan fingerprint density at radius 1 is 1.09 bits per heavy atom. The van der Waals surface area contributed by atoms with E-state index in [4.69, 9.17) is 25.8 Å². The Balaban J connectivity index is 1.51. The maximum atomic E-state index is 13.6. The van der Waals surface area contributed by atoms with E-state index >= 15 is 0 Å². The molecule has 0 radical (unpaired) electrons. The number of carbonyl (C=O) groups excluding carboxylic acids is 1. The molecule has 1 amide bonds. The molecule has 9 nitrogen and oxygen atoms in total. The number of aryl methyl sites for hydroxylation is 1. The van der Waals surface area contributed by atoms with Crippen LogP contribution in [0.5, 0.6) is 5.75 Å². The molecule has 47 heavy (non-hydrogen) atoms. The van der Waals surface area contributed by atoms with Crippen molar-refractivity contribution >= 4 is 33.2 Å². The van der Waals surface area contributed by atoms with Crippen LogP contribution >= 0.6 is 11.6 Å². The lowest BCUT2D eigenvalue weighted by Crippen LogP contribution is -2.47. The molecule has 1 N–H and O–H groups in total. The quantitative estimate of drug-likeness (QED) is 0.371. The second kappa shape index (κ2) is 15.7. The average molecular weight is 688 g/mol. The molecule has 11 heteroatoms. The number of nitrogens with one attached hydrogen (secondary N) is 1. The summed E-state index contributed by atoms with van der Waals surface area (Å²) in [6.45, 7) is 12.9. The van der Waals surface area contributed by atoms with Crippen molar-refractivity contribution in [1.29, 1.82) is 0 Å². The average Bonchev–Trinajstić information content (AvgIpc) is 3.05. The van der Waals surface area contributed by atoms with E-state index in [0.717, 1.165) is 70.4 Å². The molecule has 0 aromatic heterocycles. The maximum Gasteiger partial charge on any atom is 0.265 e. The van der Waals surface area contributed by atoms with Gasteiger partial charge < -0.3 is 24.0 Å². The number of benzene rings is 2. The molecule has 2 heterocycles. The molecule has 258 valence electrons. The van der Waals surface area contributed by atoms with E-state index in [2.05, 4.69) is 34.4 Å². The van der Waals surface area contributed by atoms with Gasteiger partial charge in [-0.05, 0) is 112 Å². The topological polar surface area (TPSA) is 97.4 Å². The number of ether oxygens (including phenoxy) is 3. The summed E-state index contributed by atoms with van der Waals surface area (Å²) in [7, 11) is -4.19. The largest absolute Gasteiger partial charge is 0.487 e. The van der Waals surface area contributed by atoms with Gasteiger partial charge in [0.2, 0.25) is 0 Å². The van der Waals surface area contributed by atoms with E-state index in [9.17, 15) is 13.2 Å². The fourth-order valence-electron chi connectivity index (χ4n) is 6.62. The summed E-state index contributed by atoms with van der Waals surface area (Å²) in [6, 6.07) is 10.8. The van der Waals surface area contributed by atoms with Crippen LogP contribution in [-0.4, -0.2) is 76.9 Å². The predicted octanol–water partition coefficient (Wildman–Crippen LogP) is 5.98. The lowest BCUT2D eigenvalue weighted by molar-refractivity contribution is -0.139. The van der Waals surface area contributed by atoms with Gasteiger partial charge in [-0.2, -0.15) is 0 Å². The van der Waals surface area contributed by atoms with Crippen molar-refractivity contribution in [2.24, 2.45) is 11.8 Å². The van der Waals surface area contributed by atoms with Crippen molar-refractivity contribution in [3.63, 3.8) is 0 Å². The number of likely N-dealkylation sites (N-methyl/N-ethyl adjacent to an activating group) is 1. The van der Waals surface area contributed by atoms with Crippen molar-refractivity contribution in [3.8, 4) is 5.75 Å². The normalized spacial score (nSPS) is 25.3. The van der Waals surface area contributed by atoms with Crippen LogP contribution in [0.3, 0.4) is 0 Å². The molecule has 3 aliphatic rings. The minimum Gasteiger partial charge on any atom is -0.487 e. The van der Waals surface area contributed by atoms with Crippen LogP contribution in [0.25, 0.3) is 0 Å². The first-order valence-corrected chi connectivity index (χ1v) is 18.9. The van der Waals surface area contributed by atoms with Crippen molar-refractivity contribution in [2.45, 2.75) is 83.0 Å². The molecule has 2 aromatic rings. The summed E-state index contributed by atoms with van der Waals surface area (Å²) in [5.41, 5.74) is 1.56. The highest BCUT2D eigenvalue weighted by atomic mass is 35.5. The second-order valence-corrected chi connectivity index (χ2v) is 15.4. The van der Waals surface area contributed by atoms with Gasteiger partial charge in [0.15, 0.2) is 0 Å². The molecule has 1 saturated carbocycles. The number of halogens is 1. The van der Waals surface area contributed by atoms with Gasteiger partial charge in [-0.15, -0.1) is 0 Å². The van der Waals surface area contributed by atoms with Gasteiger partial charge in [0.05, 0.1) is 29.9 Å². The molecule has 2 bridgehead atoms. The molecule has 0 unspecified atom stereocenters. The third kappa shape index (κ3) is 8.89. The first-order valence-electron chi connectivity index (χ1n) is 17.0. The highest BCUT2D eigenvalue weighted by molar-refractivity contribution is 7.90.